The van der Waals surface area contributed by atoms with Gasteiger partial charge in [-0.2, -0.15) is 4.98 Å². The quantitative estimate of drug-likeness (QED) is 0.806. The highest BCUT2D eigenvalue weighted by Gasteiger charge is 2.30. The molecule has 0 aromatic carbocycles. The summed E-state index contributed by atoms with van der Waals surface area (Å²) in [6.45, 7) is 2.58. The lowest BCUT2D eigenvalue weighted by molar-refractivity contribution is -0.142. The highest BCUT2D eigenvalue weighted by atomic mass is 16.5. The Labute approximate surface area is 116 Å². The molecule has 1 amide bonds. The van der Waals surface area contributed by atoms with Gasteiger partial charge in [0.05, 0.1) is 6.04 Å². The molecule has 0 bridgehead atoms. The van der Waals surface area contributed by atoms with Crippen molar-refractivity contribution >= 4 is 11.9 Å². The first-order chi connectivity index (χ1) is 9.54. The maximum atomic E-state index is 12.1. The molecule has 0 spiro atoms. The van der Waals surface area contributed by atoms with Crippen molar-refractivity contribution in [2.45, 2.75) is 38.3 Å². The molecule has 1 aromatic heterocycles. The summed E-state index contributed by atoms with van der Waals surface area (Å²) in [5, 5.41) is 15.9. The number of carboxylic acid groups (broad SMARTS) is 1. The summed E-state index contributed by atoms with van der Waals surface area (Å²) in [5.41, 5.74) is 0. The summed E-state index contributed by atoms with van der Waals surface area (Å²) < 4.78 is 5.08. The minimum atomic E-state index is -1.05. The second-order valence-electron chi connectivity index (χ2n) is 4.78. The van der Waals surface area contributed by atoms with E-state index in [9.17, 15) is 9.59 Å². The molecule has 2 heterocycles. The second kappa shape index (κ2) is 6.00. The van der Waals surface area contributed by atoms with Crippen LogP contribution in [0.25, 0.3) is 0 Å². The van der Waals surface area contributed by atoms with Crippen molar-refractivity contribution in [2.75, 3.05) is 13.6 Å². The van der Waals surface area contributed by atoms with Crippen molar-refractivity contribution in [1.29, 1.82) is 0 Å². The van der Waals surface area contributed by atoms with Gasteiger partial charge in [-0.1, -0.05) is 12.1 Å². The Hall–Kier alpha value is -1.96. The predicted octanol–water partition coefficient (Wildman–Crippen LogP) is 0.429. The summed E-state index contributed by atoms with van der Waals surface area (Å²) in [7, 11) is 1.43. The Balaban J connectivity index is 2.10. The standard InChI is InChI=1S/C12H18N4O4/c1-3-8(12(18)19)16(2)11(17)9-14-10(20-15-9)7-5-4-6-13-7/h7-8,13H,3-6H2,1-2H3,(H,18,19). The van der Waals surface area contributed by atoms with Gasteiger partial charge >= 0.3 is 5.97 Å². The monoisotopic (exact) mass is 282 g/mol. The van der Waals surface area contributed by atoms with E-state index in [-0.39, 0.29) is 11.9 Å². The van der Waals surface area contributed by atoms with Gasteiger partial charge in [0.2, 0.25) is 5.89 Å². The highest BCUT2D eigenvalue weighted by molar-refractivity contribution is 5.93. The van der Waals surface area contributed by atoms with Crippen LogP contribution in [0.5, 0.6) is 0 Å². The summed E-state index contributed by atoms with van der Waals surface area (Å²) in [4.78, 5) is 28.4. The van der Waals surface area contributed by atoms with Crippen molar-refractivity contribution in [3.05, 3.63) is 11.7 Å². The Morgan fingerprint density at radius 3 is 2.90 bits per heavy atom. The molecule has 1 aromatic rings. The molecule has 2 atom stereocenters. The molecule has 0 aliphatic carbocycles. The molecule has 0 saturated carbocycles. The van der Waals surface area contributed by atoms with Crippen molar-refractivity contribution in [1.82, 2.24) is 20.4 Å². The molecule has 2 N–H and O–H groups in total. The van der Waals surface area contributed by atoms with Gasteiger partial charge in [0, 0.05) is 7.05 Å². The third-order valence-corrected chi connectivity index (χ3v) is 3.45. The molecule has 20 heavy (non-hydrogen) atoms. The van der Waals surface area contributed by atoms with Crippen molar-refractivity contribution in [3.8, 4) is 0 Å². The fourth-order valence-electron chi connectivity index (χ4n) is 2.27. The van der Waals surface area contributed by atoms with Crippen LogP contribution < -0.4 is 5.32 Å². The Bertz CT molecular complexity index is 495. The maximum absolute atomic E-state index is 12.1. The van der Waals surface area contributed by atoms with E-state index in [2.05, 4.69) is 15.5 Å². The molecular weight excluding hydrogens is 264 g/mol. The number of nitrogens with one attached hydrogen (secondary N) is 1. The number of aromatic nitrogens is 2. The Kier molecular flexibility index (Phi) is 4.33. The number of aliphatic carboxylic acids is 1. The topological polar surface area (TPSA) is 109 Å². The molecule has 2 rings (SSSR count). The van der Waals surface area contributed by atoms with Gasteiger partial charge < -0.3 is 19.8 Å². The molecule has 2 unspecified atom stereocenters. The summed E-state index contributed by atoms with van der Waals surface area (Å²) >= 11 is 0. The van der Waals surface area contributed by atoms with Gasteiger partial charge in [-0.25, -0.2) is 4.79 Å². The molecule has 1 aliphatic heterocycles. The first-order valence-corrected chi connectivity index (χ1v) is 6.61. The van der Waals surface area contributed by atoms with Crippen molar-refractivity contribution < 1.29 is 19.2 Å². The van der Waals surface area contributed by atoms with E-state index in [4.69, 9.17) is 9.63 Å². The predicted molar refractivity (Wildman–Crippen MR) is 68.1 cm³/mol. The first kappa shape index (κ1) is 14.4. The lowest BCUT2D eigenvalue weighted by Gasteiger charge is -2.21. The molecule has 8 nitrogen and oxygen atoms in total. The van der Waals surface area contributed by atoms with Crippen LogP contribution in [0.2, 0.25) is 0 Å². The van der Waals surface area contributed by atoms with Crippen molar-refractivity contribution in [3.63, 3.8) is 0 Å². The molecule has 8 heteroatoms. The van der Waals surface area contributed by atoms with Gasteiger partial charge in [-0.15, -0.1) is 0 Å². The number of rotatable bonds is 5. The summed E-state index contributed by atoms with van der Waals surface area (Å²) in [6, 6.07) is -0.912. The van der Waals surface area contributed by atoms with E-state index >= 15 is 0 Å². The van der Waals surface area contributed by atoms with E-state index in [1.165, 1.54) is 7.05 Å². The number of carbonyl (C=O) groups is 2. The van der Waals surface area contributed by atoms with E-state index in [1.807, 2.05) is 0 Å². The van der Waals surface area contributed by atoms with Gasteiger partial charge in [0.25, 0.3) is 11.7 Å². The normalized spacial score (nSPS) is 19.8. The zero-order chi connectivity index (χ0) is 14.7. The SMILES string of the molecule is CCC(C(=O)O)N(C)C(=O)c1noc(C2CCCN2)n1. The minimum absolute atomic E-state index is 0.0178. The van der Waals surface area contributed by atoms with Crippen LogP contribution in [-0.4, -0.2) is 51.7 Å². The minimum Gasteiger partial charge on any atom is -0.480 e. The first-order valence-electron chi connectivity index (χ1n) is 6.61. The van der Waals surface area contributed by atoms with E-state index in [0.29, 0.717) is 12.3 Å². The van der Waals surface area contributed by atoms with Gasteiger partial charge in [0.15, 0.2) is 0 Å². The number of likely N-dealkylation sites (N-methyl/N-ethyl adjacent to an activating group) is 1. The number of hydrogen-bond donors (Lipinski definition) is 2. The van der Waals surface area contributed by atoms with Crippen LogP contribution in [0.3, 0.4) is 0 Å². The fourth-order valence-corrected chi connectivity index (χ4v) is 2.27. The zero-order valence-electron chi connectivity index (χ0n) is 11.5. The number of hydrogen-bond acceptors (Lipinski definition) is 6. The van der Waals surface area contributed by atoms with Crippen LogP contribution in [0.1, 0.15) is 48.7 Å². The average molecular weight is 282 g/mol. The lowest BCUT2D eigenvalue weighted by Crippen LogP contribution is -2.42. The van der Waals surface area contributed by atoms with Crippen LogP contribution in [0.4, 0.5) is 0 Å². The second-order valence-corrected chi connectivity index (χ2v) is 4.78. The number of nitrogens with zero attached hydrogens (tertiary/aromatic N) is 3. The maximum Gasteiger partial charge on any atom is 0.326 e. The zero-order valence-corrected chi connectivity index (χ0v) is 11.5. The smallest absolute Gasteiger partial charge is 0.326 e. The van der Waals surface area contributed by atoms with Crippen LogP contribution in [-0.2, 0) is 4.79 Å². The third kappa shape index (κ3) is 2.79. The van der Waals surface area contributed by atoms with Gasteiger partial charge in [-0.05, 0) is 25.8 Å². The summed E-state index contributed by atoms with van der Waals surface area (Å²) in [6.07, 6.45) is 2.22. The molecule has 1 aliphatic rings. The molecule has 110 valence electrons. The van der Waals surface area contributed by atoms with Crippen LogP contribution in [0.15, 0.2) is 4.52 Å². The van der Waals surface area contributed by atoms with E-state index in [1.54, 1.807) is 6.92 Å². The largest absolute Gasteiger partial charge is 0.480 e. The molecule has 1 fully saturated rings. The Morgan fingerprint density at radius 2 is 2.35 bits per heavy atom. The molecular formula is C12H18N4O4. The van der Waals surface area contributed by atoms with E-state index < -0.39 is 17.9 Å². The average Bonchev–Trinajstić information content (AvgIpc) is 3.08. The van der Waals surface area contributed by atoms with Gasteiger partial charge in [0.1, 0.15) is 6.04 Å². The van der Waals surface area contributed by atoms with Crippen LogP contribution >= 0.6 is 0 Å². The lowest BCUT2D eigenvalue weighted by atomic mass is 10.2. The summed E-state index contributed by atoms with van der Waals surface area (Å²) in [5.74, 6) is -1.32. The highest BCUT2D eigenvalue weighted by Crippen LogP contribution is 2.21. The van der Waals surface area contributed by atoms with Gasteiger partial charge in [-0.3, -0.25) is 4.79 Å². The number of carbonyl (C=O) groups excluding carboxylic acids is 1. The molecule has 0 radical (unpaired) electrons. The van der Waals surface area contributed by atoms with Crippen LogP contribution in [0, 0.1) is 0 Å². The molecule has 1 saturated heterocycles. The number of carboxylic acids is 1. The fraction of sp³-hybridized carbons (Fsp3) is 0.667. The van der Waals surface area contributed by atoms with E-state index in [0.717, 1.165) is 24.3 Å². The Morgan fingerprint density at radius 1 is 1.60 bits per heavy atom. The van der Waals surface area contributed by atoms with Crippen molar-refractivity contribution in [2.24, 2.45) is 0 Å². The third-order valence-electron chi connectivity index (χ3n) is 3.45. The number of amides is 1.